The molecule has 1 saturated heterocycles. The largest absolute Gasteiger partial charge is 0.393 e. The lowest BCUT2D eigenvalue weighted by molar-refractivity contribution is -0.0598. The summed E-state index contributed by atoms with van der Waals surface area (Å²) in [5.74, 6) is -0.141. The van der Waals surface area contributed by atoms with Gasteiger partial charge in [-0.05, 0) is 31.4 Å². The zero-order valence-electron chi connectivity index (χ0n) is 10.5. The summed E-state index contributed by atoms with van der Waals surface area (Å²) in [7, 11) is 0. The second kappa shape index (κ2) is 5.04. The number of likely N-dealkylation sites (tertiary alicyclic amines) is 1. The first kappa shape index (κ1) is 13.0. The smallest absolute Gasteiger partial charge is 0.255 e. The molecule has 0 saturated carbocycles. The Morgan fingerprint density at radius 2 is 2.33 bits per heavy atom. The lowest BCUT2D eigenvalue weighted by Gasteiger charge is -2.38. The maximum absolute atomic E-state index is 12.2. The van der Waals surface area contributed by atoms with E-state index in [9.17, 15) is 9.90 Å². The first-order valence-corrected chi connectivity index (χ1v) is 6.08. The Kier molecular flexibility index (Phi) is 3.63. The molecule has 2 rings (SSSR count). The summed E-state index contributed by atoms with van der Waals surface area (Å²) in [6.45, 7) is 2.35. The molecule has 1 amide bonds. The van der Waals surface area contributed by atoms with E-state index in [0.29, 0.717) is 24.9 Å². The number of pyridine rings is 1. The van der Waals surface area contributed by atoms with Crippen molar-refractivity contribution in [3.63, 3.8) is 0 Å². The predicted molar refractivity (Wildman–Crippen MR) is 66.1 cm³/mol. The molecule has 1 aromatic rings. The van der Waals surface area contributed by atoms with E-state index in [4.69, 9.17) is 5.11 Å². The average Bonchev–Trinajstić information content (AvgIpc) is 2.38. The third-order valence-electron chi connectivity index (χ3n) is 3.26. The van der Waals surface area contributed by atoms with Crippen molar-refractivity contribution in [2.75, 3.05) is 19.7 Å². The van der Waals surface area contributed by atoms with Crippen molar-refractivity contribution in [3.8, 4) is 0 Å². The summed E-state index contributed by atoms with van der Waals surface area (Å²) in [6, 6.07) is 1.78. The van der Waals surface area contributed by atoms with E-state index in [-0.39, 0.29) is 19.1 Å². The first-order valence-electron chi connectivity index (χ1n) is 6.08. The van der Waals surface area contributed by atoms with Crippen LogP contribution in [0.15, 0.2) is 18.5 Å². The molecule has 0 bridgehead atoms. The molecule has 0 aliphatic carbocycles. The normalized spacial score (nSPS) is 24.1. The number of aliphatic hydroxyl groups is 2. The first-order chi connectivity index (χ1) is 8.54. The van der Waals surface area contributed by atoms with Crippen LogP contribution >= 0.6 is 0 Å². The molecular weight excluding hydrogens is 232 g/mol. The molecule has 1 aromatic heterocycles. The number of amides is 1. The molecule has 18 heavy (non-hydrogen) atoms. The highest BCUT2D eigenvalue weighted by Gasteiger charge is 2.34. The quantitative estimate of drug-likeness (QED) is 0.794. The van der Waals surface area contributed by atoms with Crippen LogP contribution in [0.3, 0.4) is 0 Å². The lowest BCUT2D eigenvalue weighted by atomic mass is 9.93. The Bertz CT molecular complexity index is 450. The summed E-state index contributed by atoms with van der Waals surface area (Å²) in [5, 5.41) is 19.2. The van der Waals surface area contributed by atoms with Gasteiger partial charge in [-0.3, -0.25) is 9.78 Å². The molecule has 5 heteroatoms. The highest BCUT2D eigenvalue weighted by molar-refractivity contribution is 5.94. The van der Waals surface area contributed by atoms with Gasteiger partial charge in [-0.15, -0.1) is 0 Å². The van der Waals surface area contributed by atoms with Crippen molar-refractivity contribution in [2.45, 2.75) is 25.4 Å². The molecule has 0 unspecified atom stereocenters. The number of hydrogen-bond acceptors (Lipinski definition) is 4. The number of carbonyl (C=O) groups is 1. The Hall–Kier alpha value is -1.46. The Labute approximate surface area is 106 Å². The van der Waals surface area contributed by atoms with Gasteiger partial charge in [-0.1, -0.05) is 0 Å². The number of aryl methyl sites for hydroxylation is 1. The molecular formula is C13H18N2O3. The summed E-state index contributed by atoms with van der Waals surface area (Å²) in [5.41, 5.74) is 0.290. The average molecular weight is 250 g/mol. The summed E-state index contributed by atoms with van der Waals surface area (Å²) < 4.78 is 0. The number of aromatic nitrogens is 1. The van der Waals surface area contributed by atoms with Crippen molar-refractivity contribution in [3.05, 3.63) is 29.6 Å². The molecule has 0 aromatic carbocycles. The van der Waals surface area contributed by atoms with Crippen LogP contribution in [0.5, 0.6) is 0 Å². The van der Waals surface area contributed by atoms with Crippen molar-refractivity contribution >= 4 is 5.91 Å². The maximum atomic E-state index is 12.2. The second-order valence-corrected chi connectivity index (χ2v) is 4.96. The fourth-order valence-corrected chi connectivity index (χ4v) is 2.27. The second-order valence-electron chi connectivity index (χ2n) is 4.96. The van der Waals surface area contributed by atoms with Crippen LogP contribution in [0.25, 0.3) is 0 Å². The van der Waals surface area contributed by atoms with Gasteiger partial charge < -0.3 is 15.1 Å². The van der Waals surface area contributed by atoms with E-state index < -0.39 is 5.60 Å². The third-order valence-corrected chi connectivity index (χ3v) is 3.26. The molecule has 1 aliphatic heterocycles. The van der Waals surface area contributed by atoms with Gasteiger partial charge in [0.1, 0.15) is 5.60 Å². The number of rotatable bonds is 2. The van der Waals surface area contributed by atoms with Crippen LogP contribution in [-0.4, -0.2) is 51.3 Å². The standard InChI is InChI=1S/C13H18N2O3/c1-10-5-11(7-14-6-10)12(17)15-4-2-3-13(18,8-15)9-16/h5-7,16,18H,2-4,8-9H2,1H3/t13-/m1/s1. The minimum atomic E-state index is -1.16. The van der Waals surface area contributed by atoms with Gasteiger partial charge in [-0.2, -0.15) is 0 Å². The highest BCUT2D eigenvalue weighted by Crippen LogP contribution is 2.22. The number of hydrogen-bond donors (Lipinski definition) is 2. The molecule has 0 spiro atoms. The van der Waals surface area contributed by atoms with Gasteiger partial charge in [0.25, 0.3) is 5.91 Å². The fourth-order valence-electron chi connectivity index (χ4n) is 2.27. The predicted octanol–water partition coefficient (Wildman–Crippen LogP) is 0.349. The van der Waals surface area contributed by atoms with Crippen LogP contribution in [-0.2, 0) is 0 Å². The van der Waals surface area contributed by atoms with E-state index in [0.717, 1.165) is 5.56 Å². The van der Waals surface area contributed by atoms with E-state index >= 15 is 0 Å². The van der Waals surface area contributed by atoms with E-state index in [1.54, 1.807) is 17.2 Å². The van der Waals surface area contributed by atoms with Crippen LogP contribution in [0.2, 0.25) is 0 Å². The van der Waals surface area contributed by atoms with Crippen LogP contribution in [0.1, 0.15) is 28.8 Å². The minimum Gasteiger partial charge on any atom is -0.393 e. The van der Waals surface area contributed by atoms with Gasteiger partial charge in [0.05, 0.1) is 18.7 Å². The summed E-state index contributed by atoms with van der Waals surface area (Å²) >= 11 is 0. The molecule has 1 atom stereocenters. The Balaban J connectivity index is 2.14. The monoisotopic (exact) mass is 250 g/mol. The van der Waals surface area contributed by atoms with Crippen molar-refractivity contribution in [1.82, 2.24) is 9.88 Å². The van der Waals surface area contributed by atoms with Crippen LogP contribution in [0, 0.1) is 6.92 Å². The van der Waals surface area contributed by atoms with Gasteiger partial charge >= 0.3 is 0 Å². The zero-order chi connectivity index (χ0) is 13.2. The van der Waals surface area contributed by atoms with Gasteiger partial charge in [0.15, 0.2) is 0 Å². The highest BCUT2D eigenvalue weighted by atomic mass is 16.3. The van der Waals surface area contributed by atoms with Gasteiger partial charge in [-0.25, -0.2) is 0 Å². The van der Waals surface area contributed by atoms with E-state index in [1.165, 1.54) is 6.20 Å². The van der Waals surface area contributed by atoms with Gasteiger partial charge in [0.2, 0.25) is 0 Å². The molecule has 5 nitrogen and oxygen atoms in total. The summed E-state index contributed by atoms with van der Waals surface area (Å²) in [4.78, 5) is 17.8. The Morgan fingerprint density at radius 3 is 3.00 bits per heavy atom. The molecule has 2 heterocycles. The van der Waals surface area contributed by atoms with Crippen molar-refractivity contribution < 1.29 is 15.0 Å². The molecule has 0 radical (unpaired) electrons. The summed E-state index contributed by atoms with van der Waals surface area (Å²) in [6.07, 6.45) is 4.44. The SMILES string of the molecule is Cc1cncc(C(=O)N2CCC[C@](O)(CO)C2)c1. The molecule has 98 valence electrons. The number of piperidine rings is 1. The molecule has 2 N–H and O–H groups in total. The molecule has 1 aliphatic rings. The van der Waals surface area contributed by atoms with Crippen LogP contribution < -0.4 is 0 Å². The van der Waals surface area contributed by atoms with E-state index in [1.807, 2.05) is 6.92 Å². The van der Waals surface area contributed by atoms with Crippen molar-refractivity contribution in [1.29, 1.82) is 0 Å². The fraction of sp³-hybridized carbons (Fsp3) is 0.538. The number of carbonyl (C=O) groups excluding carboxylic acids is 1. The minimum absolute atomic E-state index is 0.141. The van der Waals surface area contributed by atoms with E-state index in [2.05, 4.69) is 4.98 Å². The van der Waals surface area contributed by atoms with Crippen molar-refractivity contribution in [2.24, 2.45) is 0 Å². The lowest BCUT2D eigenvalue weighted by Crippen LogP contribution is -2.52. The maximum Gasteiger partial charge on any atom is 0.255 e. The number of nitrogens with zero attached hydrogens (tertiary/aromatic N) is 2. The van der Waals surface area contributed by atoms with Crippen LogP contribution in [0.4, 0.5) is 0 Å². The topological polar surface area (TPSA) is 73.7 Å². The third kappa shape index (κ3) is 2.68. The Morgan fingerprint density at radius 1 is 1.56 bits per heavy atom. The number of aliphatic hydroxyl groups excluding tert-OH is 1. The molecule has 1 fully saturated rings. The van der Waals surface area contributed by atoms with Gasteiger partial charge in [0, 0.05) is 18.9 Å². The zero-order valence-corrected chi connectivity index (χ0v) is 10.5. The number of β-amino-alcohol motifs (C(OH)–C–C–N with tert-alkyl or cyclic N) is 1.